The zero-order valence-corrected chi connectivity index (χ0v) is 15.9. The highest BCUT2D eigenvalue weighted by Crippen LogP contribution is 2.33. The van der Waals surface area contributed by atoms with Gasteiger partial charge in [0.15, 0.2) is 0 Å². The second-order valence-electron chi connectivity index (χ2n) is 6.80. The Morgan fingerprint density at radius 1 is 1.14 bits per heavy atom. The molecule has 2 aromatic rings. The van der Waals surface area contributed by atoms with E-state index in [1.807, 2.05) is 18.2 Å². The lowest BCUT2D eigenvalue weighted by Crippen LogP contribution is -2.37. The van der Waals surface area contributed by atoms with Gasteiger partial charge in [0.25, 0.3) is 0 Å². The van der Waals surface area contributed by atoms with Gasteiger partial charge in [-0.2, -0.15) is 0 Å². The number of sulfonamides is 1. The van der Waals surface area contributed by atoms with E-state index in [0.717, 1.165) is 5.56 Å². The van der Waals surface area contributed by atoms with Gasteiger partial charge >= 0.3 is 5.97 Å². The molecule has 0 radical (unpaired) electrons. The molecule has 7 nitrogen and oxygen atoms in total. The number of carbonyl (C=O) groups is 2. The summed E-state index contributed by atoms with van der Waals surface area (Å²) in [5.74, 6) is -0.983. The standard InChI is InChI=1S/C20H20N2O5S/c23-19(13-18-15-6-2-3-7-16(15)20(24)27-18)21-10-12-28(25,26)22-11-9-14-5-1-4-8-17(14)22/h1-8,18H,9-13H2,(H,21,23)/t18-/m0/s1. The van der Waals surface area contributed by atoms with Crippen molar-refractivity contribution in [3.05, 3.63) is 65.2 Å². The number of benzene rings is 2. The largest absolute Gasteiger partial charge is 0.453 e. The van der Waals surface area contributed by atoms with Gasteiger partial charge < -0.3 is 10.1 Å². The predicted octanol–water partition coefficient (Wildman–Crippen LogP) is 1.80. The summed E-state index contributed by atoms with van der Waals surface area (Å²) in [6.45, 7) is 0.423. The molecule has 0 saturated heterocycles. The van der Waals surface area contributed by atoms with Gasteiger partial charge in [0, 0.05) is 18.7 Å². The van der Waals surface area contributed by atoms with E-state index in [4.69, 9.17) is 4.74 Å². The van der Waals surface area contributed by atoms with Crippen molar-refractivity contribution in [1.29, 1.82) is 0 Å². The molecule has 2 aliphatic heterocycles. The van der Waals surface area contributed by atoms with Crippen molar-refractivity contribution in [2.45, 2.75) is 18.9 Å². The van der Waals surface area contributed by atoms with Gasteiger partial charge in [0.05, 0.1) is 23.4 Å². The average molecular weight is 400 g/mol. The molecule has 0 bridgehead atoms. The molecule has 0 fully saturated rings. The number of hydrogen-bond acceptors (Lipinski definition) is 5. The van der Waals surface area contributed by atoms with Gasteiger partial charge in [0.2, 0.25) is 15.9 Å². The summed E-state index contributed by atoms with van der Waals surface area (Å²) in [5.41, 5.74) is 2.87. The highest BCUT2D eigenvalue weighted by Gasteiger charge is 2.32. The number of rotatable bonds is 6. The van der Waals surface area contributed by atoms with Crippen LogP contribution in [0.5, 0.6) is 0 Å². The number of para-hydroxylation sites is 1. The molecule has 2 aromatic carbocycles. The number of cyclic esters (lactones) is 1. The van der Waals surface area contributed by atoms with Crippen molar-refractivity contribution in [3.8, 4) is 0 Å². The first kappa shape index (κ1) is 18.5. The quantitative estimate of drug-likeness (QED) is 0.747. The van der Waals surface area contributed by atoms with Crippen molar-refractivity contribution >= 4 is 27.6 Å². The van der Waals surface area contributed by atoms with E-state index in [9.17, 15) is 18.0 Å². The molecule has 146 valence electrons. The van der Waals surface area contributed by atoms with Crippen molar-refractivity contribution in [2.24, 2.45) is 0 Å². The Morgan fingerprint density at radius 2 is 1.89 bits per heavy atom. The van der Waals surface area contributed by atoms with Gasteiger partial charge in [-0.05, 0) is 24.1 Å². The predicted molar refractivity (Wildman–Crippen MR) is 104 cm³/mol. The van der Waals surface area contributed by atoms with Gasteiger partial charge in [-0.25, -0.2) is 13.2 Å². The summed E-state index contributed by atoms with van der Waals surface area (Å²) in [4.78, 5) is 24.0. The van der Waals surface area contributed by atoms with Crippen molar-refractivity contribution in [3.63, 3.8) is 0 Å². The summed E-state index contributed by atoms with van der Waals surface area (Å²) in [5, 5.41) is 2.62. The van der Waals surface area contributed by atoms with Gasteiger partial charge in [-0.3, -0.25) is 9.10 Å². The molecule has 28 heavy (non-hydrogen) atoms. The monoisotopic (exact) mass is 400 g/mol. The van der Waals surface area contributed by atoms with Crippen LogP contribution in [0.25, 0.3) is 0 Å². The Kier molecular flexibility index (Phi) is 4.80. The van der Waals surface area contributed by atoms with Gasteiger partial charge in [-0.1, -0.05) is 36.4 Å². The number of hydrogen-bond donors (Lipinski definition) is 1. The summed E-state index contributed by atoms with van der Waals surface area (Å²) in [7, 11) is -3.52. The molecule has 1 amide bonds. The highest BCUT2D eigenvalue weighted by molar-refractivity contribution is 7.92. The second kappa shape index (κ2) is 7.27. The minimum Gasteiger partial charge on any atom is -0.453 e. The molecule has 0 aliphatic carbocycles. The number of nitrogens with one attached hydrogen (secondary N) is 1. The lowest BCUT2D eigenvalue weighted by Gasteiger charge is -2.19. The fourth-order valence-electron chi connectivity index (χ4n) is 3.64. The highest BCUT2D eigenvalue weighted by atomic mass is 32.2. The lowest BCUT2D eigenvalue weighted by atomic mass is 10.0. The molecule has 2 aliphatic rings. The number of esters is 1. The van der Waals surface area contributed by atoms with E-state index in [1.165, 1.54) is 4.31 Å². The maximum Gasteiger partial charge on any atom is 0.339 e. The minimum atomic E-state index is -3.52. The average Bonchev–Trinajstić information content (AvgIpc) is 3.24. The van der Waals surface area contributed by atoms with Crippen LogP contribution in [0.4, 0.5) is 5.69 Å². The smallest absolute Gasteiger partial charge is 0.339 e. The third kappa shape index (κ3) is 3.47. The molecule has 0 spiro atoms. The van der Waals surface area contributed by atoms with Crippen molar-refractivity contribution in [1.82, 2.24) is 5.32 Å². The molecule has 4 rings (SSSR count). The summed E-state index contributed by atoms with van der Waals surface area (Å²) >= 11 is 0. The van der Waals surface area contributed by atoms with Crippen LogP contribution in [0.3, 0.4) is 0 Å². The Balaban J connectivity index is 1.32. The molecule has 1 N–H and O–H groups in total. The Bertz CT molecular complexity index is 1030. The number of fused-ring (bicyclic) bond motifs is 2. The molecule has 0 saturated carbocycles. The fraction of sp³-hybridized carbons (Fsp3) is 0.300. The number of anilines is 1. The second-order valence-corrected chi connectivity index (χ2v) is 8.81. The van der Waals surface area contributed by atoms with Crippen molar-refractivity contribution < 1.29 is 22.7 Å². The maximum absolute atomic E-state index is 12.6. The molecule has 0 aromatic heterocycles. The zero-order valence-electron chi connectivity index (χ0n) is 15.1. The van der Waals surface area contributed by atoms with E-state index >= 15 is 0 Å². The van der Waals surface area contributed by atoms with E-state index in [1.54, 1.807) is 30.3 Å². The van der Waals surface area contributed by atoms with Crippen molar-refractivity contribution in [2.75, 3.05) is 23.1 Å². The molecular weight excluding hydrogens is 380 g/mol. The Morgan fingerprint density at radius 3 is 2.75 bits per heavy atom. The van der Waals surface area contributed by atoms with Crippen LogP contribution in [-0.2, 0) is 26.0 Å². The Labute approximate surface area is 163 Å². The first-order chi connectivity index (χ1) is 13.5. The SMILES string of the molecule is O=C(C[C@@H]1OC(=O)c2ccccc21)NCCS(=O)(=O)N1CCc2ccccc21. The van der Waals surface area contributed by atoms with Crippen LogP contribution in [0.1, 0.15) is 34.0 Å². The van der Waals surface area contributed by atoms with E-state index in [-0.39, 0.29) is 24.6 Å². The number of amides is 1. The van der Waals surface area contributed by atoms with E-state index in [2.05, 4.69) is 5.32 Å². The lowest BCUT2D eigenvalue weighted by molar-refractivity contribution is -0.122. The molecule has 1 atom stereocenters. The zero-order chi connectivity index (χ0) is 19.7. The maximum atomic E-state index is 12.6. The van der Waals surface area contributed by atoms with Crippen LogP contribution in [0.2, 0.25) is 0 Å². The van der Waals surface area contributed by atoms with Gasteiger partial charge in [0.1, 0.15) is 6.10 Å². The number of nitrogens with zero attached hydrogens (tertiary/aromatic N) is 1. The van der Waals surface area contributed by atoms with Gasteiger partial charge in [-0.15, -0.1) is 0 Å². The summed E-state index contributed by atoms with van der Waals surface area (Å²) in [6.07, 6.45) is 0.0228. The van der Waals surface area contributed by atoms with Crippen LogP contribution in [0, 0.1) is 0 Å². The van der Waals surface area contributed by atoms with Crippen LogP contribution in [0.15, 0.2) is 48.5 Å². The van der Waals surface area contributed by atoms with Crippen LogP contribution < -0.4 is 9.62 Å². The Hall–Kier alpha value is -2.87. The van der Waals surface area contributed by atoms with E-state index < -0.39 is 22.1 Å². The summed E-state index contributed by atoms with van der Waals surface area (Å²) < 4.78 is 31.9. The number of carbonyl (C=O) groups excluding carboxylic acids is 2. The topological polar surface area (TPSA) is 92.8 Å². The molecule has 0 unspecified atom stereocenters. The third-order valence-electron chi connectivity index (χ3n) is 5.01. The third-order valence-corrected chi connectivity index (χ3v) is 6.78. The molecule has 8 heteroatoms. The molecular formula is C20H20N2O5S. The fourth-order valence-corrected chi connectivity index (χ4v) is 5.07. The minimum absolute atomic E-state index is 0.00213. The summed E-state index contributed by atoms with van der Waals surface area (Å²) in [6, 6.07) is 14.4. The van der Waals surface area contributed by atoms with E-state index in [0.29, 0.717) is 29.8 Å². The van der Waals surface area contributed by atoms with Crippen LogP contribution in [-0.4, -0.2) is 39.1 Å². The number of ether oxygens (including phenoxy) is 1. The molecule has 2 heterocycles. The first-order valence-corrected chi connectivity index (χ1v) is 10.7. The normalized spacial score (nSPS) is 17.8. The first-order valence-electron chi connectivity index (χ1n) is 9.10. The van der Waals surface area contributed by atoms with Crippen LogP contribution >= 0.6 is 0 Å².